The summed E-state index contributed by atoms with van der Waals surface area (Å²) in [6, 6.07) is 0. The number of halogens is 1. The van der Waals surface area contributed by atoms with E-state index in [-0.39, 0.29) is 5.28 Å². The molecule has 2 aromatic heterocycles. The first kappa shape index (κ1) is 8.19. The molecule has 13 heavy (non-hydrogen) atoms. The van der Waals surface area contributed by atoms with Gasteiger partial charge >= 0.3 is 0 Å². The summed E-state index contributed by atoms with van der Waals surface area (Å²) in [5.41, 5.74) is 0.861. The molecule has 0 saturated heterocycles. The molecule has 0 aromatic carbocycles. The van der Waals surface area contributed by atoms with Crippen LogP contribution >= 0.6 is 11.6 Å². The SMILES string of the molecule is Cc1nccn1-c1cnc(Cl)nc1. The Hall–Kier alpha value is -1.42. The van der Waals surface area contributed by atoms with Crippen LogP contribution < -0.4 is 0 Å². The van der Waals surface area contributed by atoms with Crippen LogP contribution in [-0.2, 0) is 0 Å². The summed E-state index contributed by atoms with van der Waals surface area (Å²) in [4.78, 5) is 11.9. The smallest absolute Gasteiger partial charge is 0.222 e. The molecular formula is C8H7ClN4. The first-order valence-electron chi connectivity index (χ1n) is 3.75. The van der Waals surface area contributed by atoms with E-state index in [1.165, 1.54) is 0 Å². The van der Waals surface area contributed by atoms with Crippen molar-refractivity contribution in [2.45, 2.75) is 6.92 Å². The molecule has 0 fully saturated rings. The third-order valence-corrected chi connectivity index (χ3v) is 1.91. The lowest BCUT2D eigenvalue weighted by Crippen LogP contribution is -1.97. The Morgan fingerprint density at radius 2 is 1.92 bits per heavy atom. The minimum absolute atomic E-state index is 0.251. The van der Waals surface area contributed by atoms with E-state index >= 15 is 0 Å². The topological polar surface area (TPSA) is 43.6 Å². The predicted octanol–water partition coefficient (Wildman–Crippen LogP) is 1.62. The van der Waals surface area contributed by atoms with Gasteiger partial charge in [-0.3, -0.25) is 0 Å². The minimum Gasteiger partial charge on any atom is -0.301 e. The van der Waals surface area contributed by atoms with Crippen molar-refractivity contribution in [1.29, 1.82) is 0 Å². The van der Waals surface area contributed by atoms with Crippen LogP contribution in [0, 0.1) is 6.92 Å². The van der Waals surface area contributed by atoms with Gasteiger partial charge in [0.15, 0.2) is 0 Å². The summed E-state index contributed by atoms with van der Waals surface area (Å²) >= 11 is 5.57. The van der Waals surface area contributed by atoms with Crippen molar-refractivity contribution in [3.05, 3.63) is 35.9 Å². The fraction of sp³-hybridized carbons (Fsp3) is 0.125. The molecule has 2 aromatic rings. The second-order valence-electron chi connectivity index (χ2n) is 2.55. The van der Waals surface area contributed by atoms with E-state index in [0.29, 0.717) is 0 Å². The van der Waals surface area contributed by atoms with Gasteiger partial charge in [-0.15, -0.1) is 0 Å². The molecule has 0 aliphatic heterocycles. The Morgan fingerprint density at radius 1 is 1.23 bits per heavy atom. The molecule has 0 saturated carbocycles. The molecule has 4 nitrogen and oxygen atoms in total. The van der Waals surface area contributed by atoms with Crippen LogP contribution in [0.15, 0.2) is 24.8 Å². The van der Waals surface area contributed by atoms with Gasteiger partial charge in [0.2, 0.25) is 5.28 Å². The Morgan fingerprint density at radius 3 is 2.46 bits per heavy atom. The normalized spacial score (nSPS) is 10.3. The van der Waals surface area contributed by atoms with Crippen molar-refractivity contribution in [3.63, 3.8) is 0 Å². The Balaban J connectivity index is 2.47. The van der Waals surface area contributed by atoms with E-state index in [1.807, 2.05) is 17.7 Å². The average molecular weight is 195 g/mol. The van der Waals surface area contributed by atoms with E-state index in [9.17, 15) is 0 Å². The fourth-order valence-electron chi connectivity index (χ4n) is 1.08. The number of imidazole rings is 1. The summed E-state index contributed by atoms with van der Waals surface area (Å²) in [5, 5.41) is 0.251. The number of rotatable bonds is 1. The second kappa shape index (κ2) is 3.14. The highest BCUT2D eigenvalue weighted by atomic mass is 35.5. The molecule has 2 rings (SSSR count). The maximum atomic E-state index is 5.57. The molecule has 0 spiro atoms. The lowest BCUT2D eigenvalue weighted by molar-refractivity contribution is 0.948. The highest BCUT2D eigenvalue weighted by molar-refractivity contribution is 6.28. The summed E-state index contributed by atoms with van der Waals surface area (Å²) in [6.45, 7) is 1.91. The lowest BCUT2D eigenvalue weighted by atomic mass is 10.5. The van der Waals surface area contributed by atoms with Crippen molar-refractivity contribution < 1.29 is 0 Å². The molecule has 0 amide bonds. The van der Waals surface area contributed by atoms with Crippen molar-refractivity contribution in [2.24, 2.45) is 0 Å². The minimum atomic E-state index is 0.251. The van der Waals surface area contributed by atoms with E-state index in [2.05, 4.69) is 15.0 Å². The number of aryl methyl sites for hydroxylation is 1. The molecule has 0 unspecified atom stereocenters. The zero-order valence-corrected chi connectivity index (χ0v) is 7.73. The monoisotopic (exact) mass is 194 g/mol. The molecule has 0 bridgehead atoms. The van der Waals surface area contributed by atoms with Gasteiger partial charge in [-0.2, -0.15) is 0 Å². The lowest BCUT2D eigenvalue weighted by Gasteiger charge is -2.02. The van der Waals surface area contributed by atoms with E-state index in [0.717, 1.165) is 11.5 Å². The molecular weight excluding hydrogens is 188 g/mol. The molecule has 5 heteroatoms. The third-order valence-electron chi connectivity index (χ3n) is 1.71. The molecule has 0 aliphatic carbocycles. The average Bonchev–Trinajstić information content (AvgIpc) is 2.53. The number of aromatic nitrogens is 4. The highest BCUT2D eigenvalue weighted by Gasteiger charge is 2.00. The third kappa shape index (κ3) is 1.53. The predicted molar refractivity (Wildman–Crippen MR) is 48.9 cm³/mol. The maximum absolute atomic E-state index is 5.57. The van der Waals surface area contributed by atoms with Crippen molar-refractivity contribution in [1.82, 2.24) is 19.5 Å². The fourth-order valence-corrected chi connectivity index (χ4v) is 1.18. The first-order chi connectivity index (χ1) is 6.27. The Labute approximate surface area is 80.2 Å². The van der Waals surface area contributed by atoms with E-state index in [4.69, 9.17) is 11.6 Å². The standard InChI is InChI=1S/C8H7ClN4/c1-6-10-2-3-13(6)7-4-11-8(9)12-5-7/h2-5H,1H3. The molecule has 2 heterocycles. The van der Waals surface area contributed by atoms with Crippen LogP contribution in [0.1, 0.15) is 5.82 Å². The summed E-state index contributed by atoms with van der Waals surface area (Å²) in [6.07, 6.45) is 6.89. The second-order valence-corrected chi connectivity index (χ2v) is 2.89. The van der Waals surface area contributed by atoms with Gasteiger partial charge in [0, 0.05) is 12.4 Å². The van der Waals surface area contributed by atoms with Gasteiger partial charge in [-0.1, -0.05) is 0 Å². The number of nitrogens with zero attached hydrogens (tertiary/aromatic N) is 4. The van der Waals surface area contributed by atoms with Crippen LogP contribution in [0.4, 0.5) is 0 Å². The molecule has 0 N–H and O–H groups in total. The van der Waals surface area contributed by atoms with Crippen LogP contribution in [0.25, 0.3) is 5.69 Å². The molecule has 66 valence electrons. The van der Waals surface area contributed by atoms with Gasteiger partial charge in [0.1, 0.15) is 5.82 Å². The quantitative estimate of drug-likeness (QED) is 0.648. The molecule has 0 aliphatic rings. The van der Waals surface area contributed by atoms with Gasteiger partial charge < -0.3 is 4.57 Å². The van der Waals surface area contributed by atoms with Crippen molar-refractivity contribution in [2.75, 3.05) is 0 Å². The number of hydrogen-bond acceptors (Lipinski definition) is 3. The summed E-state index contributed by atoms with van der Waals surface area (Å²) in [7, 11) is 0. The molecule has 0 atom stereocenters. The maximum Gasteiger partial charge on any atom is 0.222 e. The van der Waals surface area contributed by atoms with Gasteiger partial charge in [-0.05, 0) is 18.5 Å². The van der Waals surface area contributed by atoms with Gasteiger partial charge in [-0.25, -0.2) is 15.0 Å². The Bertz CT molecular complexity index is 406. The first-order valence-corrected chi connectivity index (χ1v) is 4.13. The molecule has 0 radical (unpaired) electrons. The van der Waals surface area contributed by atoms with Gasteiger partial charge in [0.05, 0.1) is 18.1 Å². The Kier molecular flexibility index (Phi) is 1.98. The van der Waals surface area contributed by atoms with Gasteiger partial charge in [0.25, 0.3) is 0 Å². The van der Waals surface area contributed by atoms with E-state index in [1.54, 1.807) is 18.6 Å². The van der Waals surface area contributed by atoms with Crippen LogP contribution in [-0.4, -0.2) is 19.5 Å². The van der Waals surface area contributed by atoms with Crippen molar-refractivity contribution >= 4 is 11.6 Å². The summed E-state index contributed by atoms with van der Waals surface area (Å²) in [5.74, 6) is 0.894. The number of hydrogen-bond donors (Lipinski definition) is 0. The van der Waals surface area contributed by atoms with Crippen LogP contribution in [0.3, 0.4) is 0 Å². The van der Waals surface area contributed by atoms with Crippen LogP contribution in [0.5, 0.6) is 0 Å². The van der Waals surface area contributed by atoms with Crippen LogP contribution in [0.2, 0.25) is 5.28 Å². The van der Waals surface area contributed by atoms with E-state index < -0.39 is 0 Å². The van der Waals surface area contributed by atoms with Crippen molar-refractivity contribution in [3.8, 4) is 5.69 Å². The zero-order chi connectivity index (χ0) is 9.26. The zero-order valence-electron chi connectivity index (χ0n) is 6.98. The highest BCUT2D eigenvalue weighted by Crippen LogP contribution is 2.08. The largest absolute Gasteiger partial charge is 0.301 e. The summed E-state index contributed by atoms with van der Waals surface area (Å²) < 4.78 is 1.89.